The molecule has 0 aromatic heterocycles. The lowest BCUT2D eigenvalue weighted by molar-refractivity contribution is -0.111. The molecule has 0 aromatic rings. The van der Waals surface area contributed by atoms with Crippen molar-refractivity contribution in [1.29, 1.82) is 0 Å². The van der Waals surface area contributed by atoms with Crippen molar-refractivity contribution in [2.45, 2.75) is 0 Å². The topological polar surface area (TPSA) is 26.3 Å². The van der Waals surface area contributed by atoms with Crippen LogP contribution in [0.4, 0.5) is 0 Å². The standard InChI is InChI=1S/C3H5BrO2/c4-3-6-2-1-5/h1H,2-3H2. The fraction of sp³-hybridized carbons (Fsp3) is 0.667. The van der Waals surface area contributed by atoms with E-state index >= 15 is 0 Å². The number of ether oxygens (including phenoxy) is 1. The van der Waals surface area contributed by atoms with Crippen LogP contribution in [0.5, 0.6) is 0 Å². The van der Waals surface area contributed by atoms with Gasteiger partial charge in [-0.25, -0.2) is 0 Å². The second-order valence-electron chi connectivity index (χ2n) is 0.647. The molecule has 0 amide bonds. The molecule has 0 atom stereocenters. The van der Waals surface area contributed by atoms with Crippen molar-refractivity contribution in [3.8, 4) is 0 Å². The van der Waals surface area contributed by atoms with Crippen molar-refractivity contribution in [3.63, 3.8) is 0 Å². The van der Waals surface area contributed by atoms with E-state index in [0.717, 1.165) is 0 Å². The highest BCUT2D eigenvalue weighted by Gasteiger charge is 1.73. The highest BCUT2D eigenvalue weighted by molar-refractivity contribution is 9.09. The van der Waals surface area contributed by atoms with Crippen LogP contribution in [-0.4, -0.2) is 18.4 Å². The second kappa shape index (κ2) is 5.11. The van der Waals surface area contributed by atoms with E-state index < -0.39 is 0 Å². The molecule has 0 aliphatic carbocycles. The lowest BCUT2D eigenvalue weighted by Crippen LogP contribution is -1.89. The quantitative estimate of drug-likeness (QED) is 0.336. The summed E-state index contributed by atoms with van der Waals surface area (Å²) >= 11 is 2.97. The molecule has 36 valence electrons. The molecule has 0 aromatic carbocycles. The normalized spacial score (nSPS) is 8.17. The van der Waals surface area contributed by atoms with Crippen molar-refractivity contribution >= 4 is 22.2 Å². The highest BCUT2D eigenvalue weighted by atomic mass is 79.9. The Morgan fingerprint density at radius 2 is 2.50 bits per heavy atom. The third kappa shape index (κ3) is 4.11. The van der Waals surface area contributed by atoms with Gasteiger partial charge in [0.25, 0.3) is 0 Å². The van der Waals surface area contributed by atoms with Crippen LogP contribution in [0.3, 0.4) is 0 Å². The molecule has 0 fully saturated rings. The molecule has 0 spiro atoms. The summed E-state index contributed by atoms with van der Waals surface area (Å²) in [5.41, 5.74) is 0.436. The van der Waals surface area contributed by atoms with E-state index in [4.69, 9.17) is 0 Å². The van der Waals surface area contributed by atoms with Gasteiger partial charge >= 0.3 is 0 Å². The number of halogens is 1. The molecule has 6 heavy (non-hydrogen) atoms. The van der Waals surface area contributed by atoms with Crippen molar-refractivity contribution in [2.24, 2.45) is 0 Å². The monoisotopic (exact) mass is 152 g/mol. The van der Waals surface area contributed by atoms with Gasteiger partial charge in [0.15, 0.2) is 0 Å². The zero-order chi connectivity index (χ0) is 4.83. The maximum absolute atomic E-state index is 9.42. The van der Waals surface area contributed by atoms with Gasteiger partial charge in [-0.1, -0.05) is 15.9 Å². The Morgan fingerprint density at radius 3 is 2.67 bits per heavy atom. The van der Waals surface area contributed by atoms with Gasteiger partial charge in [-0.15, -0.1) is 0 Å². The van der Waals surface area contributed by atoms with Gasteiger partial charge in [0.05, 0.1) is 0 Å². The highest BCUT2D eigenvalue weighted by Crippen LogP contribution is 1.77. The number of alkyl halides is 1. The van der Waals surface area contributed by atoms with Crippen LogP contribution in [0.25, 0.3) is 0 Å². The molecule has 0 unspecified atom stereocenters. The number of aldehydes is 1. The Kier molecular flexibility index (Phi) is 5.20. The third-order valence-corrected chi connectivity index (χ3v) is 0.587. The van der Waals surface area contributed by atoms with Crippen LogP contribution >= 0.6 is 15.9 Å². The van der Waals surface area contributed by atoms with Gasteiger partial charge in [-0.2, -0.15) is 0 Å². The first-order valence-electron chi connectivity index (χ1n) is 1.49. The minimum atomic E-state index is 0.186. The maximum Gasteiger partial charge on any atom is 0.145 e. The summed E-state index contributed by atoms with van der Waals surface area (Å²) < 4.78 is 4.53. The summed E-state index contributed by atoms with van der Waals surface area (Å²) in [5, 5.41) is 0. The SMILES string of the molecule is O=CCOCBr. The summed E-state index contributed by atoms with van der Waals surface area (Å²) in [5.74, 6) is 0. The second-order valence-corrected chi connectivity index (χ2v) is 1.10. The first kappa shape index (κ1) is 6.11. The lowest BCUT2D eigenvalue weighted by Gasteiger charge is -1.84. The molecular weight excluding hydrogens is 148 g/mol. The Bertz CT molecular complexity index is 37.8. The molecule has 0 saturated carbocycles. The van der Waals surface area contributed by atoms with Crippen LogP contribution < -0.4 is 0 Å². The molecule has 0 aliphatic heterocycles. The Morgan fingerprint density at radius 1 is 1.83 bits per heavy atom. The van der Waals surface area contributed by atoms with Crippen LogP contribution in [0.15, 0.2) is 0 Å². The largest absolute Gasteiger partial charge is 0.363 e. The molecule has 0 radical (unpaired) electrons. The summed E-state index contributed by atoms with van der Waals surface area (Å²) in [7, 11) is 0. The Hall–Kier alpha value is 0.110. The van der Waals surface area contributed by atoms with Crippen LogP contribution in [0.1, 0.15) is 0 Å². The van der Waals surface area contributed by atoms with E-state index in [2.05, 4.69) is 20.7 Å². The van der Waals surface area contributed by atoms with E-state index in [1.165, 1.54) is 0 Å². The predicted molar refractivity (Wildman–Crippen MR) is 25.8 cm³/mol. The van der Waals surface area contributed by atoms with Crippen LogP contribution in [0, 0.1) is 0 Å². The van der Waals surface area contributed by atoms with E-state index in [1.807, 2.05) is 0 Å². The van der Waals surface area contributed by atoms with E-state index in [-0.39, 0.29) is 6.61 Å². The molecule has 0 saturated heterocycles. The molecule has 0 N–H and O–H groups in total. The number of carbonyl (C=O) groups is 1. The van der Waals surface area contributed by atoms with Gasteiger partial charge in [0, 0.05) is 0 Å². The lowest BCUT2D eigenvalue weighted by atomic mass is 10.8. The zero-order valence-electron chi connectivity index (χ0n) is 3.19. The summed E-state index contributed by atoms with van der Waals surface area (Å²) in [6.07, 6.45) is 0.710. The van der Waals surface area contributed by atoms with Crippen molar-refractivity contribution in [1.82, 2.24) is 0 Å². The molecule has 0 heterocycles. The number of rotatable bonds is 3. The summed E-state index contributed by atoms with van der Waals surface area (Å²) in [4.78, 5) is 9.42. The minimum absolute atomic E-state index is 0.186. The molecule has 0 aliphatic rings. The first-order chi connectivity index (χ1) is 2.91. The summed E-state index contributed by atoms with van der Waals surface area (Å²) in [6.45, 7) is 0.186. The minimum Gasteiger partial charge on any atom is -0.363 e. The van der Waals surface area contributed by atoms with E-state index in [0.29, 0.717) is 11.8 Å². The van der Waals surface area contributed by atoms with Crippen molar-refractivity contribution in [2.75, 3.05) is 12.1 Å². The number of carbonyl (C=O) groups excluding carboxylic acids is 1. The molecule has 0 bridgehead atoms. The third-order valence-electron chi connectivity index (χ3n) is 0.263. The number of hydrogen-bond acceptors (Lipinski definition) is 2. The molecular formula is C3H5BrO2. The van der Waals surface area contributed by atoms with E-state index in [9.17, 15) is 4.79 Å². The fourth-order valence-electron chi connectivity index (χ4n) is 0.0927. The summed E-state index contributed by atoms with van der Waals surface area (Å²) in [6, 6.07) is 0. The average molecular weight is 153 g/mol. The fourth-order valence-corrected chi connectivity index (χ4v) is 0.280. The van der Waals surface area contributed by atoms with Gasteiger partial charge in [-0.3, -0.25) is 0 Å². The zero-order valence-corrected chi connectivity index (χ0v) is 4.77. The molecule has 2 nitrogen and oxygen atoms in total. The predicted octanol–water partition coefficient (Wildman–Crippen LogP) is 0.554. The maximum atomic E-state index is 9.42. The average Bonchev–Trinajstić information content (AvgIpc) is 1.61. The first-order valence-corrected chi connectivity index (χ1v) is 2.61. The number of hydrogen-bond donors (Lipinski definition) is 0. The smallest absolute Gasteiger partial charge is 0.145 e. The Balaban J connectivity index is 2.49. The van der Waals surface area contributed by atoms with Crippen molar-refractivity contribution < 1.29 is 9.53 Å². The van der Waals surface area contributed by atoms with Gasteiger partial charge in [0.2, 0.25) is 0 Å². The van der Waals surface area contributed by atoms with Gasteiger partial charge in [-0.05, 0) is 0 Å². The van der Waals surface area contributed by atoms with Crippen LogP contribution in [0.2, 0.25) is 0 Å². The van der Waals surface area contributed by atoms with Gasteiger partial charge in [0.1, 0.15) is 18.4 Å². The Labute approximate surface area is 44.6 Å². The van der Waals surface area contributed by atoms with Crippen LogP contribution in [-0.2, 0) is 9.53 Å². The van der Waals surface area contributed by atoms with E-state index in [1.54, 1.807) is 0 Å². The molecule has 3 heteroatoms. The van der Waals surface area contributed by atoms with Gasteiger partial charge < -0.3 is 9.53 Å². The van der Waals surface area contributed by atoms with Crippen molar-refractivity contribution in [3.05, 3.63) is 0 Å². The molecule has 0 rings (SSSR count).